The minimum Gasteiger partial charge on any atom is -0.349 e. The van der Waals surface area contributed by atoms with Crippen LogP contribution in [0.15, 0.2) is 66.7 Å². The number of amides is 2. The number of carbonyl (C=O) groups excluding carboxylic acids is 2. The fourth-order valence-electron chi connectivity index (χ4n) is 3.88. The maximum absolute atomic E-state index is 12.8. The van der Waals surface area contributed by atoms with E-state index < -0.39 is 0 Å². The zero-order valence-electron chi connectivity index (χ0n) is 15.8. The molecule has 0 bridgehead atoms. The van der Waals surface area contributed by atoms with Gasteiger partial charge in [0.05, 0.1) is 0 Å². The van der Waals surface area contributed by atoms with E-state index in [1.807, 2.05) is 42.5 Å². The highest BCUT2D eigenvalue weighted by atomic mass is 16.2. The van der Waals surface area contributed by atoms with E-state index in [0.29, 0.717) is 16.8 Å². The largest absolute Gasteiger partial charge is 0.349 e. The van der Waals surface area contributed by atoms with Gasteiger partial charge >= 0.3 is 0 Å². The first-order valence-corrected chi connectivity index (χ1v) is 9.91. The van der Waals surface area contributed by atoms with E-state index in [0.717, 1.165) is 23.6 Å². The van der Waals surface area contributed by atoms with Gasteiger partial charge in [0.15, 0.2) is 0 Å². The summed E-state index contributed by atoms with van der Waals surface area (Å²) in [6.45, 7) is 0. The molecule has 1 saturated carbocycles. The zero-order chi connectivity index (χ0) is 19.3. The van der Waals surface area contributed by atoms with Crippen molar-refractivity contribution in [2.45, 2.75) is 38.1 Å². The Hall–Kier alpha value is -3.14. The van der Waals surface area contributed by atoms with Gasteiger partial charge in [-0.05, 0) is 47.9 Å². The fraction of sp³-hybridized carbons (Fsp3) is 0.250. The Morgan fingerprint density at radius 3 is 2.39 bits per heavy atom. The molecule has 0 aromatic heterocycles. The third-order valence-electron chi connectivity index (χ3n) is 5.36. The van der Waals surface area contributed by atoms with Gasteiger partial charge in [-0.3, -0.25) is 9.59 Å². The van der Waals surface area contributed by atoms with Crippen LogP contribution >= 0.6 is 0 Å². The molecule has 142 valence electrons. The second kappa shape index (κ2) is 8.26. The summed E-state index contributed by atoms with van der Waals surface area (Å²) >= 11 is 0. The van der Waals surface area contributed by atoms with Crippen LogP contribution in [0.2, 0.25) is 0 Å². The predicted molar refractivity (Wildman–Crippen MR) is 113 cm³/mol. The molecule has 0 spiro atoms. The van der Waals surface area contributed by atoms with Crippen molar-refractivity contribution in [3.05, 3.63) is 77.9 Å². The SMILES string of the molecule is O=C(NC1CCCCC1)c1cccc(NC(=O)c2cccc3ccccc23)c1. The molecule has 0 heterocycles. The van der Waals surface area contributed by atoms with E-state index >= 15 is 0 Å². The lowest BCUT2D eigenvalue weighted by Gasteiger charge is -2.22. The Balaban J connectivity index is 1.49. The van der Waals surface area contributed by atoms with E-state index in [4.69, 9.17) is 0 Å². The smallest absolute Gasteiger partial charge is 0.256 e. The topological polar surface area (TPSA) is 58.2 Å². The van der Waals surface area contributed by atoms with Gasteiger partial charge in [-0.15, -0.1) is 0 Å². The number of benzene rings is 3. The Labute approximate surface area is 165 Å². The molecule has 0 atom stereocenters. The van der Waals surface area contributed by atoms with Gasteiger partial charge < -0.3 is 10.6 Å². The number of anilines is 1. The molecule has 0 aliphatic heterocycles. The number of hydrogen-bond donors (Lipinski definition) is 2. The van der Waals surface area contributed by atoms with Crippen LogP contribution in [0.4, 0.5) is 5.69 Å². The number of rotatable bonds is 4. The van der Waals surface area contributed by atoms with Crippen LogP contribution in [0.5, 0.6) is 0 Å². The lowest BCUT2D eigenvalue weighted by Crippen LogP contribution is -2.36. The Kier molecular flexibility index (Phi) is 5.38. The van der Waals surface area contributed by atoms with Crippen LogP contribution in [0.3, 0.4) is 0 Å². The van der Waals surface area contributed by atoms with Crippen molar-refractivity contribution in [2.24, 2.45) is 0 Å². The van der Waals surface area contributed by atoms with Crippen LogP contribution in [0.1, 0.15) is 52.8 Å². The average molecular weight is 372 g/mol. The number of fused-ring (bicyclic) bond motifs is 1. The van der Waals surface area contributed by atoms with Crippen molar-refractivity contribution in [3.63, 3.8) is 0 Å². The second-order valence-corrected chi connectivity index (χ2v) is 7.37. The van der Waals surface area contributed by atoms with Crippen LogP contribution in [0.25, 0.3) is 10.8 Å². The van der Waals surface area contributed by atoms with E-state index in [1.165, 1.54) is 19.3 Å². The van der Waals surface area contributed by atoms with Gasteiger partial charge in [-0.1, -0.05) is 61.7 Å². The first kappa shape index (κ1) is 18.2. The summed E-state index contributed by atoms with van der Waals surface area (Å²) in [5.41, 5.74) is 1.81. The van der Waals surface area contributed by atoms with Crippen LogP contribution in [-0.4, -0.2) is 17.9 Å². The fourth-order valence-corrected chi connectivity index (χ4v) is 3.88. The van der Waals surface area contributed by atoms with Crippen molar-refractivity contribution in [2.75, 3.05) is 5.32 Å². The lowest BCUT2D eigenvalue weighted by molar-refractivity contribution is 0.0926. The molecule has 2 N–H and O–H groups in total. The molecular weight excluding hydrogens is 348 g/mol. The summed E-state index contributed by atoms with van der Waals surface area (Å²) in [6.07, 6.45) is 5.69. The number of hydrogen-bond acceptors (Lipinski definition) is 2. The number of nitrogens with one attached hydrogen (secondary N) is 2. The van der Waals surface area contributed by atoms with E-state index in [9.17, 15) is 9.59 Å². The molecule has 4 rings (SSSR count). The summed E-state index contributed by atoms with van der Waals surface area (Å²) in [5.74, 6) is -0.255. The molecule has 0 radical (unpaired) electrons. The molecule has 4 heteroatoms. The van der Waals surface area contributed by atoms with E-state index in [2.05, 4.69) is 10.6 Å². The summed E-state index contributed by atoms with van der Waals surface area (Å²) in [4.78, 5) is 25.4. The predicted octanol–water partition coefficient (Wildman–Crippen LogP) is 5.15. The minimum absolute atomic E-state index is 0.0758. The maximum atomic E-state index is 12.8. The average Bonchev–Trinajstić information content (AvgIpc) is 2.74. The molecule has 1 aliphatic rings. The summed E-state index contributed by atoms with van der Waals surface area (Å²) in [6, 6.07) is 20.9. The van der Waals surface area contributed by atoms with Gasteiger partial charge in [-0.25, -0.2) is 0 Å². The first-order valence-electron chi connectivity index (χ1n) is 9.91. The Bertz CT molecular complexity index is 1000. The molecule has 1 fully saturated rings. The molecule has 4 nitrogen and oxygen atoms in total. The zero-order valence-corrected chi connectivity index (χ0v) is 15.8. The van der Waals surface area contributed by atoms with E-state index in [1.54, 1.807) is 24.3 Å². The quantitative estimate of drug-likeness (QED) is 0.665. The molecule has 0 saturated heterocycles. The maximum Gasteiger partial charge on any atom is 0.256 e. The van der Waals surface area contributed by atoms with Gasteiger partial charge in [-0.2, -0.15) is 0 Å². The molecule has 2 amide bonds. The standard InChI is InChI=1S/C24H24N2O2/c27-23(25-19-11-2-1-3-12-19)18-10-6-13-20(16-18)26-24(28)22-15-7-9-17-8-4-5-14-21(17)22/h4-10,13-16,19H,1-3,11-12H2,(H,25,27)(H,26,28). The summed E-state index contributed by atoms with van der Waals surface area (Å²) in [5, 5.41) is 7.98. The van der Waals surface area contributed by atoms with Gasteiger partial charge in [0.1, 0.15) is 0 Å². The van der Waals surface area contributed by atoms with Crippen LogP contribution in [-0.2, 0) is 0 Å². The van der Waals surface area contributed by atoms with Gasteiger partial charge in [0.2, 0.25) is 0 Å². The molecule has 0 unspecified atom stereocenters. The van der Waals surface area contributed by atoms with Crippen molar-refractivity contribution in [3.8, 4) is 0 Å². The lowest BCUT2D eigenvalue weighted by atomic mass is 9.95. The molecule has 3 aromatic carbocycles. The van der Waals surface area contributed by atoms with Gasteiger partial charge in [0, 0.05) is 22.9 Å². The number of carbonyl (C=O) groups is 2. The third kappa shape index (κ3) is 4.06. The minimum atomic E-state index is -0.179. The highest BCUT2D eigenvalue weighted by Crippen LogP contribution is 2.21. The Morgan fingerprint density at radius 2 is 1.54 bits per heavy atom. The van der Waals surface area contributed by atoms with Crippen molar-refractivity contribution in [1.29, 1.82) is 0 Å². The van der Waals surface area contributed by atoms with Gasteiger partial charge in [0.25, 0.3) is 11.8 Å². The highest BCUT2D eigenvalue weighted by Gasteiger charge is 2.17. The van der Waals surface area contributed by atoms with Crippen molar-refractivity contribution < 1.29 is 9.59 Å². The molecular formula is C24H24N2O2. The third-order valence-corrected chi connectivity index (χ3v) is 5.36. The first-order chi connectivity index (χ1) is 13.7. The Morgan fingerprint density at radius 1 is 0.786 bits per heavy atom. The normalized spacial score (nSPS) is 14.6. The molecule has 1 aliphatic carbocycles. The monoisotopic (exact) mass is 372 g/mol. The summed E-state index contributed by atoms with van der Waals surface area (Å²) < 4.78 is 0. The van der Waals surface area contributed by atoms with E-state index in [-0.39, 0.29) is 17.9 Å². The summed E-state index contributed by atoms with van der Waals surface area (Å²) in [7, 11) is 0. The van der Waals surface area contributed by atoms with Crippen LogP contribution in [0, 0.1) is 0 Å². The van der Waals surface area contributed by atoms with Crippen molar-refractivity contribution in [1.82, 2.24) is 5.32 Å². The van der Waals surface area contributed by atoms with Crippen molar-refractivity contribution >= 4 is 28.3 Å². The second-order valence-electron chi connectivity index (χ2n) is 7.37. The molecule has 3 aromatic rings. The highest BCUT2D eigenvalue weighted by molar-refractivity contribution is 6.13. The molecule has 28 heavy (non-hydrogen) atoms. The van der Waals surface area contributed by atoms with Crippen LogP contribution < -0.4 is 10.6 Å².